The first kappa shape index (κ1) is 31.7. The highest BCUT2D eigenvalue weighted by molar-refractivity contribution is 5.89. The fraction of sp³-hybridized carbons (Fsp3) is 0.441. The highest BCUT2D eigenvalue weighted by Gasteiger charge is 2.36. The zero-order valence-electron chi connectivity index (χ0n) is 25.8. The number of rotatable bonds is 10. The van der Waals surface area contributed by atoms with Gasteiger partial charge in [-0.25, -0.2) is 14.6 Å². The predicted octanol–water partition coefficient (Wildman–Crippen LogP) is 3.48. The highest BCUT2D eigenvalue weighted by Crippen LogP contribution is 2.20. The zero-order valence-corrected chi connectivity index (χ0v) is 25.8. The van der Waals surface area contributed by atoms with Crippen LogP contribution in [0, 0.1) is 11.3 Å². The second kappa shape index (κ2) is 15.3. The molecule has 1 saturated heterocycles. The normalized spacial score (nSPS) is 17.3. The number of nitrogens with zero attached hydrogens (tertiary/aromatic N) is 5. The van der Waals surface area contributed by atoms with E-state index in [9.17, 15) is 14.4 Å². The maximum atomic E-state index is 13.7. The third kappa shape index (κ3) is 8.48. The first-order valence-electron chi connectivity index (χ1n) is 15.7. The molecule has 45 heavy (non-hydrogen) atoms. The van der Waals surface area contributed by atoms with Crippen LogP contribution < -0.4 is 10.6 Å². The molecule has 0 bridgehead atoms. The standard InChI is InChI=1S/C34H41N7O4/c1-45-33(43)28-13-11-26(12-14-28)21-39-17-18-41(34(44)38-29-5-3-2-4-6-29)31(23-39)32(42)37-16-15-30-20-36-24-40(30)22-27-9-7-25(19-35)8-10-27/h7-14,20,24,29,31H,2-6,15-18,21-23H2,1H3,(H,37,42)(H,38,44)/t31-/m1/s1. The Hall–Kier alpha value is -4.69. The second-order valence-electron chi connectivity index (χ2n) is 11.8. The van der Waals surface area contributed by atoms with E-state index in [2.05, 4.69) is 26.6 Å². The van der Waals surface area contributed by atoms with E-state index in [0.717, 1.165) is 42.5 Å². The maximum Gasteiger partial charge on any atom is 0.337 e. The van der Waals surface area contributed by atoms with Crippen LogP contribution in [0.4, 0.5) is 4.79 Å². The Morgan fingerprint density at radius 1 is 0.978 bits per heavy atom. The molecular formula is C34H41N7O4. The van der Waals surface area contributed by atoms with Crippen molar-refractivity contribution in [2.45, 2.75) is 63.7 Å². The van der Waals surface area contributed by atoms with Gasteiger partial charge in [-0.2, -0.15) is 5.26 Å². The molecule has 2 heterocycles. The number of methoxy groups -OCH3 is 1. The van der Waals surface area contributed by atoms with E-state index in [1.807, 2.05) is 28.8 Å². The van der Waals surface area contributed by atoms with Crippen LogP contribution in [0.3, 0.4) is 0 Å². The second-order valence-corrected chi connectivity index (χ2v) is 11.8. The van der Waals surface area contributed by atoms with Crippen molar-refractivity contribution in [3.05, 3.63) is 89.0 Å². The van der Waals surface area contributed by atoms with E-state index in [1.54, 1.807) is 41.7 Å². The smallest absolute Gasteiger partial charge is 0.337 e. The molecule has 1 aliphatic heterocycles. The van der Waals surface area contributed by atoms with E-state index >= 15 is 0 Å². The Labute approximate surface area is 264 Å². The summed E-state index contributed by atoms with van der Waals surface area (Å²) in [4.78, 5) is 47.1. The Balaban J connectivity index is 1.21. The molecule has 1 aliphatic carbocycles. The van der Waals surface area contributed by atoms with Gasteiger partial charge < -0.3 is 24.8 Å². The van der Waals surface area contributed by atoms with Gasteiger partial charge >= 0.3 is 12.0 Å². The average Bonchev–Trinajstić information content (AvgIpc) is 3.51. The molecule has 0 spiro atoms. The van der Waals surface area contributed by atoms with E-state index in [-0.39, 0.29) is 23.9 Å². The van der Waals surface area contributed by atoms with Gasteiger partial charge in [-0.05, 0) is 48.2 Å². The van der Waals surface area contributed by atoms with E-state index in [0.29, 0.717) is 56.8 Å². The number of benzene rings is 2. The van der Waals surface area contributed by atoms with Gasteiger partial charge in [0.15, 0.2) is 0 Å². The van der Waals surface area contributed by atoms with Crippen LogP contribution in [0.2, 0.25) is 0 Å². The molecule has 2 N–H and O–H groups in total. The molecule has 1 saturated carbocycles. The number of ether oxygens (including phenoxy) is 1. The van der Waals surface area contributed by atoms with Crippen LogP contribution in [0.5, 0.6) is 0 Å². The molecule has 1 atom stereocenters. The van der Waals surface area contributed by atoms with Crippen LogP contribution in [0.1, 0.15) is 64.8 Å². The lowest BCUT2D eigenvalue weighted by atomic mass is 9.95. The molecule has 236 valence electrons. The molecule has 3 aromatic rings. The van der Waals surface area contributed by atoms with Crippen LogP contribution >= 0.6 is 0 Å². The average molecular weight is 612 g/mol. The summed E-state index contributed by atoms with van der Waals surface area (Å²) in [5.41, 5.74) is 4.15. The van der Waals surface area contributed by atoms with Crippen molar-refractivity contribution < 1.29 is 19.1 Å². The number of nitrogens with one attached hydrogen (secondary N) is 2. The van der Waals surface area contributed by atoms with E-state index in [4.69, 9.17) is 10.00 Å². The molecule has 11 nitrogen and oxygen atoms in total. The largest absolute Gasteiger partial charge is 0.465 e. The number of esters is 1. The minimum absolute atomic E-state index is 0.151. The predicted molar refractivity (Wildman–Crippen MR) is 168 cm³/mol. The molecule has 0 unspecified atom stereocenters. The number of nitriles is 1. The van der Waals surface area contributed by atoms with Crippen molar-refractivity contribution in [2.24, 2.45) is 0 Å². The third-order valence-corrected chi connectivity index (χ3v) is 8.66. The number of urea groups is 1. The summed E-state index contributed by atoms with van der Waals surface area (Å²) in [5, 5.41) is 15.3. The molecule has 2 aliphatic rings. The van der Waals surface area contributed by atoms with E-state index in [1.165, 1.54) is 13.5 Å². The molecule has 2 aromatic carbocycles. The van der Waals surface area contributed by atoms with Crippen LogP contribution in [0.25, 0.3) is 0 Å². The van der Waals surface area contributed by atoms with Crippen molar-refractivity contribution in [3.63, 3.8) is 0 Å². The summed E-state index contributed by atoms with van der Waals surface area (Å²) in [6.45, 7) is 3.09. The fourth-order valence-electron chi connectivity index (χ4n) is 6.09. The molecule has 2 fully saturated rings. The number of aromatic nitrogens is 2. The van der Waals surface area contributed by atoms with Crippen LogP contribution in [-0.2, 0) is 29.0 Å². The van der Waals surface area contributed by atoms with Crippen LogP contribution in [-0.4, -0.2) is 82.6 Å². The number of imidazole rings is 1. The lowest BCUT2D eigenvalue weighted by molar-refractivity contribution is -0.127. The summed E-state index contributed by atoms with van der Waals surface area (Å²) >= 11 is 0. The first-order valence-corrected chi connectivity index (χ1v) is 15.7. The Bertz CT molecular complexity index is 1490. The molecular weight excluding hydrogens is 570 g/mol. The summed E-state index contributed by atoms with van der Waals surface area (Å²) in [6.07, 6.45) is 9.51. The monoisotopic (exact) mass is 611 g/mol. The Kier molecular flexibility index (Phi) is 10.8. The molecule has 1 aromatic heterocycles. The Morgan fingerprint density at radius 2 is 1.69 bits per heavy atom. The van der Waals surface area contributed by atoms with Crippen molar-refractivity contribution in [1.82, 2.24) is 30.0 Å². The van der Waals surface area contributed by atoms with Gasteiger partial charge in [0.2, 0.25) is 5.91 Å². The number of piperazine rings is 1. The van der Waals surface area contributed by atoms with Crippen molar-refractivity contribution in [2.75, 3.05) is 33.3 Å². The third-order valence-electron chi connectivity index (χ3n) is 8.66. The van der Waals surface area contributed by atoms with Gasteiger partial charge in [0.05, 0.1) is 30.6 Å². The highest BCUT2D eigenvalue weighted by atomic mass is 16.5. The van der Waals surface area contributed by atoms with Gasteiger partial charge in [-0.3, -0.25) is 9.69 Å². The maximum absolute atomic E-state index is 13.7. The number of hydrogen-bond donors (Lipinski definition) is 2. The van der Waals surface area contributed by atoms with E-state index < -0.39 is 6.04 Å². The van der Waals surface area contributed by atoms with Crippen molar-refractivity contribution >= 4 is 17.9 Å². The lowest BCUT2D eigenvalue weighted by Crippen LogP contribution is -2.63. The fourth-order valence-corrected chi connectivity index (χ4v) is 6.09. The molecule has 3 amide bonds. The Morgan fingerprint density at radius 3 is 2.40 bits per heavy atom. The van der Waals surface area contributed by atoms with Gasteiger partial charge in [-0.15, -0.1) is 0 Å². The molecule has 5 rings (SSSR count). The molecule has 0 radical (unpaired) electrons. The lowest BCUT2D eigenvalue weighted by Gasteiger charge is -2.41. The SMILES string of the molecule is COC(=O)c1ccc(CN2CCN(C(=O)NC3CCCCC3)[C@@H](C(=O)NCCc3cncn3Cc3ccc(C#N)cc3)C2)cc1. The number of carbonyl (C=O) groups is 3. The summed E-state index contributed by atoms with van der Waals surface area (Å²) in [5.74, 6) is -0.564. The summed E-state index contributed by atoms with van der Waals surface area (Å²) < 4.78 is 6.83. The summed E-state index contributed by atoms with van der Waals surface area (Å²) in [7, 11) is 1.36. The minimum Gasteiger partial charge on any atom is -0.465 e. The quantitative estimate of drug-likeness (QED) is 0.336. The van der Waals surface area contributed by atoms with Gasteiger partial charge in [-0.1, -0.05) is 43.5 Å². The van der Waals surface area contributed by atoms with Crippen LogP contribution in [0.15, 0.2) is 61.1 Å². The summed E-state index contributed by atoms with van der Waals surface area (Å²) in [6, 6.07) is 16.2. The topological polar surface area (TPSA) is 133 Å². The van der Waals surface area contributed by atoms with Gasteiger partial charge in [0.1, 0.15) is 6.04 Å². The number of carbonyl (C=O) groups excluding carboxylic acids is 3. The van der Waals surface area contributed by atoms with Gasteiger partial charge in [0.25, 0.3) is 0 Å². The molecule has 11 heteroatoms. The van der Waals surface area contributed by atoms with Crippen molar-refractivity contribution in [1.29, 1.82) is 5.26 Å². The first-order chi connectivity index (χ1) is 21.9. The van der Waals surface area contributed by atoms with Gasteiger partial charge in [0, 0.05) is 63.6 Å². The van der Waals surface area contributed by atoms with Crippen molar-refractivity contribution in [3.8, 4) is 6.07 Å². The zero-order chi connectivity index (χ0) is 31.6. The number of hydrogen-bond acceptors (Lipinski definition) is 7. The minimum atomic E-state index is -0.639. The number of amides is 3.